The highest BCUT2D eigenvalue weighted by Crippen LogP contribution is 2.29. The highest BCUT2D eigenvalue weighted by Gasteiger charge is 2.42. The predicted molar refractivity (Wildman–Crippen MR) is 91.6 cm³/mol. The maximum absolute atomic E-state index is 12.8. The van der Waals surface area contributed by atoms with Crippen molar-refractivity contribution in [1.82, 2.24) is 4.98 Å². The number of benzene rings is 2. The predicted octanol–water partition coefficient (Wildman–Crippen LogP) is 2.99. The second-order valence-corrected chi connectivity index (χ2v) is 5.76. The average molecular weight is 331 g/mol. The fraction of sp³-hybridized carbons (Fsp3) is 0.0500. The van der Waals surface area contributed by atoms with Gasteiger partial charge >= 0.3 is 5.97 Å². The highest BCUT2D eigenvalue weighted by atomic mass is 16.5. The summed E-state index contributed by atoms with van der Waals surface area (Å²) in [5, 5.41) is 0.895. The third kappa shape index (κ3) is 2.55. The first-order valence-electron chi connectivity index (χ1n) is 7.78. The number of cyclic esters (lactones) is 1. The van der Waals surface area contributed by atoms with Gasteiger partial charge in [-0.1, -0.05) is 48.5 Å². The minimum absolute atomic E-state index is 0.122. The van der Waals surface area contributed by atoms with Crippen LogP contribution in [0, 0.1) is 0 Å². The van der Waals surface area contributed by atoms with Gasteiger partial charge in [-0.25, -0.2) is 4.79 Å². The molecule has 0 saturated carbocycles. The second kappa shape index (κ2) is 5.87. The lowest BCUT2D eigenvalue weighted by Gasteiger charge is -2.21. The summed E-state index contributed by atoms with van der Waals surface area (Å²) in [6, 6.07) is 16.1. The smallest absolute Gasteiger partial charge is 0.381 e. The largest absolute Gasteiger partial charge is 0.417 e. The number of ether oxygens (including phenoxy) is 1. The van der Waals surface area contributed by atoms with E-state index in [0.717, 1.165) is 10.9 Å². The molecule has 3 aromatic rings. The van der Waals surface area contributed by atoms with Gasteiger partial charge in [0.15, 0.2) is 5.76 Å². The number of ketones is 2. The molecule has 5 heteroatoms. The molecule has 1 aliphatic heterocycles. The standard InChI is InChI=1S/C20H13NO4/c22-18-16(10-13-11-21-15-9-5-4-8-14(13)15)25-20(24)19(23)17(18)12-6-2-1-3-7-12/h1-11,17,21H. The summed E-state index contributed by atoms with van der Waals surface area (Å²) in [7, 11) is 0. The highest BCUT2D eigenvalue weighted by molar-refractivity contribution is 6.44. The van der Waals surface area contributed by atoms with E-state index in [0.29, 0.717) is 11.1 Å². The zero-order chi connectivity index (χ0) is 17.4. The number of aromatic nitrogens is 1. The van der Waals surface area contributed by atoms with Gasteiger partial charge in [-0.15, -0.1) is 0 Å². The van der Waals surface area contributed by atoms with Crippen LogP contribution in [0.3, 0.4) is 0 Å². The van der Waals surface area contributed by atoms with E-state index in [9.17, 15) is 14.4 Å². The Bertz CT molecular complexity index is 1030. The number of nitrogens with one attached hydrogen (secondary N) is 1. The molecule has 1 aliphatic rings. The molecule has 1 atom stereocenters. The van der Waals surface area contributed by atoms with Crippen molar-refractivity contribution in [2.45, 2.75) is 5.92 Å². The molecular weight excluding hydrogens is 318 g/mol. The lowest BCUT2D eigenvalue weighted by Crippen LogP contribution is -2.37. The van der Waals surface area contributed by atoms with E-state index in [1.807, 2.05) is 24.3 Å². The van der Waals surface area contributed by atoms with Crippen LogP contribution in [0.5, 0.6) is 0 Å². The van der Waals surface area contributed by atoms with Gasteiger partial charge in [-0.05, 0) is 17.7 Å². The topological polar surface area (TPSA) is 76.2 Å². The number of carbonyl (C=O) groups excluding carboxylic acids is 3. The minimum Gasteiger partial charge on any atom is -0.417 e. The van der Waals surface area contributed by atoms with Gasteiger partial charge in [0.25, 0.3) is 5.78 Å². The van der Waals surface area contributed by atoms with Crippen molar-refractivity contribution >= 4 is 34.5 Å². The molecule has 1 aromatic heterocycles. The molecule has 0 bridgehead atoms. The van der Waals surface area contributed by atoms with Crippen molar-refractivity contribution < 1.29 is 19.1 Å². The summed E-state index contributed by atoms with van der Waals surface area (Å²) in [5.41, 5.74) is 2.10. The Hall–Kier alpha value is -3.47. The second-order valence-electron chi connectivity index (χ2n) is 5.76. The molecule has 5 nitrogen and oxygen atoms in total. The first kappa shape index (κ1) is 15.1. The number of allylic oxidation sites excluding steroid dienone is 1. The number of H-pyrrole nitrogens is 1. The van der Waals surface area contributed by atoms with E-state index in [1.54, 1.807) is 36.5 Å². The maximum Gasteiger partial charge on any atom is 0.381 e. The number of Topliss-reactive ketones (excluding diaryl/α,β-unsaturated/α-hetero) is 2. The summed E-state index contributed by atoms with van der Waals surface area (Å²) in [6.07, 6.45) is 3.23. The zero-order valence-corrected chi connectivity index (χ0v) is 13.1. The van der Waals surface area contributed by atoms with Crippen LogP contribution in [0.15, 0.2) is 66.6 Å². The van der Waals surface area contributed by atoms with Gasteiger partial charge in [-0.3, -0.25) is 9.59 Å². The number of hydrogen-bond donors (Lipinski definition) is 1. The lowest BCUT2D eigenvalue weighted by atomic mass is 9.87. The minimum atomic E-state index is -1.15. The fourth-order valence-corrected chi connectivity index (χ4v) is 2.98. The summed E-state index contributed by atoms with van der Waals surface area (Å²) in [6.45, 7) is 0. The molecule has 2 aromatic carbocycles. The van der Waals surface area contributed by atoms with Crippen molar-refractivity contribution in [2.24, 2.45) is 0 Å². The van der Waals surface area contributed by atoms with Crippen molar-refractivity contribution in [1.29, 1.82) is 0 Å². The Labute approximate surface area is 142 Å². The van der Waals surface area contributed by atoms with Crippen LogP contribution in [-0.2, 0) is 19.1 Å². The molecule has 1 saturated heterocycles. The van der Waals surface area contributed by atoms with Gasteiger partial charge in [-0.2, -0.15) is 0 Å². The summed E-state index contributed by atoms with van der Waals surface area (Å²) in [4.78, 5) is 40.0. The molecule has 0 amide bonds. The first-order chi connectivity index (χ1) is 12.1. The van der Waals surface area contributed by atoms with E-state index < -0.39 is 23.5 Å². The first-order valence-corrected chi connectivity index (χ1v) is 7.78. The normalized spacial score (nSPS) is 19.4. The molecule has 1 fully saturated rings. The Kier molecular flexibility index (Phi) is 3.54. The molecule has 0 aliphatic carbocycles. The van der Waals surface area contributed by atoms with Crippen LogP contribution in [-0.4, -0.2) is 22.5 Å². The van der Waals surface area contributed by atoms with Crippen LogP contribution < -0.4 is 0 Å². The Morgan fingerprint density at radius 2 is 1.60 bits per heavy atom. The summed E-state index contributed by atoms with van der Waals surface area (Å²) in [5.74, 6) is -3.64. The quantitative estimate of drug-likeness (QED) is 0.339. The van der Waals surface area contributed by atoms with Crippen LogP contribution in [0.2, 0.25) is 0 Å². The fourth-order valence-electron chi connectivity index (χ4n) is 2.98. The Balaban J connectivity index is 1.78. The molecule has 1 N–H and O–H groups in total. The molecule has 2 heterocycles. The summed E-state index contributed by atoms with van der Waals surface area (Å²) >= 11 is 0. The average Bonchev–Trinajstić information content (AvgIpc) is 3.04. The Morgan fingerprint density at radius 3 is 2.40 bits per heavy atom. The number of esters is 1. The third-order valence-electron chi connectivity index (χ3n) is 4.21. The van der Waals surface area contributed by atoms with Gasteiger partial charge in [0.05, 0.1) is 0 Å². The number of aromatic amines is 1. The number of para-hydroxylation sites is 1. The van der Waals surface area contributed by atoms with E-state index in [2.05, 4.69) is 4.98 Å². The SMILES string of the molecule is O=C1OC(=Cc2c[nH]c3ccccc23)C(=O)C(c2ccccc2)C1=O. The maximum atomic E-state index is 12.8. The lowest BCUT2D eigenvalue weighted by molar-refractivity contribution is -0.157. The Morgan fingerprint density at radius 1 is 0.880 bits per heavy atom. The molecule has 122 valence electrons. The number of rotatable bonds is 2. The van der Waals surface area contributed by atoms with Crippen LogP contribution in [0.25, 0.3) is 17.0 Å². The van der Waals surface area contributed by atoms with E-state index >= 15 is 0 Å². The number of carbonyl (C=O) groups is 3. The summed E-state index contributed by atoms with van der Waals surface area (Å²) < 4.78 is 4.99. The molecule has 0 radical (unpaired) electrons. The molecular formula is C20H13NO4. The van der Waals surface area contributed by atoms with Crippen LogP contribution >= 0.6 is 0 Å². The zero-order valence-electron chi connectivity index (χ0n) is 13.1. The molecule has 1 unspecified atom stereocenters. The molecule has 4 rings (SSSR count). The van der Waals surface area contributed by atoms with Crippen LogP contribution in [0.4, 0.5) is 0 Å². The van der Waals surface area contributed by atoms with Crippen molar-refractivity contribution in [2.75, 3.05) is 0 Å². The van der Waals surface area contributed by atoms with Gasteiger partial charge in [0.2, 0.25) is 5.78 Å². The van der Waals surface area contributed by atoms with Gasteiger partial charge < -0.3 is 9.72 Å². The van der Waals surface area contributed by atoms with Crippen molar-refractivity contribution in [3.63, 3.8) is 0 Å². The van der Waals surface area contributed by atoms with E-state index in [4.69, 9.17) is 4.74 Å². The van der Waals surface area contributed by atoms with Crippen LogP contribution in [0.1, 0.15) is 17.0 Å². The van der Waals surface area contributed by atoms with E-state index in [-0.39, 0.29) is 5.76 Å². The van der Waals surface area contributed by atoms with E-state index in [1.165, 1.54) is 6.08 Å². The van der Waals surface area contributed by atoms with Crippen molar-refractivity contribution in [3.05, 3.63) is 77.7 Å². The third-order valence-corrected chi connectivity index (χ3v) is 4.21. The van der Waals surface area contributed by atoms with Crippen molar-refractivity contribution in [3.8, 4) is 0 Å². The molecule has 25 heavy (non-hydrogen) atoms. The van der Waals surface area contributed by atoms with Gasteiger partial charge in [0.1, 0.15) is 5.92 Å². The molecule has 0 spiro atoms. The van der Waals surface area contributed by atoms with Gasteiger partial charge in [0, 0.05) is 22.7 Å². The number of fused-ring (bicyclic) bond motifs is 1. The number of hydrogen-bond acceptors (Lipinski definition) is 4. The monoisotopic (exact) mass is 331 g/mol.